The summed E-state index contributed by atoms with van der Waals surface area (Å²) in [6, 6.07) is 15.6. The molecule has 0 radical (unpaired) electrons. The highest BCUT2D eigenvalue weighted by Crippen LogP contribution is 2.35. The van der Waals surface area contributed by atoms with Crippen LogP contribution in [-0.4, -0.2) is 6.61 Å². The Morgan fingerprint density at radius 1 is 0.842 bits per heavy atom. The summed E-state index contributed by atoms with van der Waals surface area (Å²) in [5.41, 5.74) is 3.22. The summed E-state index contributed by atoms with van der Waals surface area (Å²) in [5, 5.41) is 0. The predicted octanol–water partition coefficient (Wildman–Crippen LogP) is 10.4. The first-order valence-corrected chi connectivity index (χ1v) is 14.1. The summed E-state index contributed by atoms with van der Waals surface area (Å²) in [4.78, 5) is 0. The lowest BCUT2D eigenvalue weighted by Crippen LogP contribution is -2.20. The molecular formula is C34H39F3O. The maximum Gasteiger partial charge on any atom is 0.166 e. The van der Waals surface area contributed by atoms with Gasteiger partial charge in [-0.15, -0.1) is 0 Å². The van der Waals surface area contributed by atoms with Gasteiger partial charge in [0.1, 0.15) is 5.82 Å². The highest BCUT2D eigenvalue weighted by molar-refractivity contribution is 5.71. The molecule has 1 nitrogen and oxygen atoms in total. The van der Waals surface area contributed by atoms with Gasteiger partial charge in [-0.25, -0.2) is 13.2 Å². The lowest BCUT2D eigenvalue weighted by molar-refractivity contribution is -0.0200. The summed E-state index contributed by atoms with van der Waals surface area (Å²) in [5.74, 6) is -1.32. The molecule has 38 heavy (non-hydrogen) atoms. The molecule has 0 bridgehead atoms. The lowest BCUT2D eigenvalue weighted by Gasteiger charge is -2.29. The number of allylic oxidation sites excluding steroid dienone is 2. The van der Waals surface area contributed by atoms with E-state index in [1.54, 1.807) is 48.5 Å². The molecule has 2 atom stereocenters. The average Bonchev–Trinajstić information content (AvgIpc) is 2.94. The fourth-order valence-corrected chi connectivity index (χ4v) is 5.36. The average molecular weight is 521 g/mol. The first-order valence-electron chi connectivity index (χ1n) is 14.1. The van der Waals surface area contributed by atoms with Crippen LogP contribution >= 0.6 is 0 Å². The second-order valence-corrected chi connectivity index (χ2v) is 10.4. The minimum atomic E-state index is -0.836. The number of ether oxygens (including phenoxy) is 1. The minimum Gasteiger partial charge on any atom is -0.373 e. The van der Waals surface area contributed by atoms with Gasteiger partial charge >= 0.3 is 0 Å². The Kier molecular flexibility index (Phi) is 10.2. The van der Waals surface area contributed by atoms with Crippen molar-refractivity contribution in [2.24, 2.45) is 5.92 Å². The molecule has 4 rings (SSSR count). The fraction of sp³-hybridized carbons (Fsp3) is 0.412. The summed E-state index contributed by atoms with van der Waals surface area (Å²) in [7, 11) is 0. The Labute approximate surface area is 225 Å². The van der Waals surface area contributed by atoms with Crippen LogP contribution in [0.4, 0.5) is 13.2 Å². The molecule has 3 aromatic rings. The van der Waals surface area contributed by atoms with Gasteiger partial charge in [-0.05, 0) is 79.7 Å². The van der Waals surface area contributed by atoms with Crippen LogP contribution < -0.4 is 0 Å². The Bertz CT molecular complexity index is 1210. The first kappa shape index (κ1) is 28.2. The van der Waals surface area contributed by atoms with Gasteiger partial charge in [-0.3, -0.25) is 0 Å². The molecule has 1 aliphatic rings. The van der Waals surface area contributed by atoms with Crippen molar-refractivity contribution in [1.82, 2.24) is 0 Å². The first-order chi connectivity index (χ1) is 18.5. The summed E-state index contributed by atoms with van der Waals surface area (Å²) < 4.78 is 50.8. The number of halogens is 3. The summed E-state index contributed by atoms with van der Waals surface area (Å²) in [6.07, 6.45) is 13.0. The molecule has 0 aromatic heterocycles. The van der Waals surface area contributed by atoms with Gasteiger partial charge in [0.15, 0.2) is 11.6 Å². The molecule has 3 aromatic carbocycles. The molecule has 2 unspecified atom stereocenters. The zero-order valence-corrected chi connectivity index (χ0v) is 22.6. The standard InChI is InChI=1S/C34H39F3O/c1-3-5-7-9-11-27-17-20-30(34(37)33(27)36)26-15-13-25(14-16-26)29-19-18-28(22-31(29)35)32-21-12-24(23-38-32)10-8-6-4-2/h3,5,13-20,22,24,32H,4,6-12,21,23H2,1-2H3/b5-3-. The molecule has 1 aliphatic heterocycles. The van der Waals surface area contributed by atoms with Crippen molar-refractivity contribution >= 4 is 0 Å². The van der Waals surface area contributed by atoms with Crippen molar-refractivity contribution in [2.75, 3.05) is 6.61 Å². The van der Waals surface area contributed by atoms with E-state index in [4.69, 9.17) is 4.74 Å². The van der Waals surface area contributed by atoms with Gasteiger partial charge in [0.25, 0.3) is 0 Å². The van der Waals surface area contributed by atoms with E-state index < -0.39 is 11.6 Å². The smallest absolute Gasteiger partial charge is 0.166 e. The number of hydrogen-bond donors (Lipinski definition) is 0. The Morgan fingerprint density at radius 3 is 2.24 bits per heavy atom. The number of benzene rings is 3. The highest BCUT2D eigenvalue weighted by Gasteiger charge is 2.23. The Balaban J connectivity index is 1.42. The quantitative estimate of drug-likeness (QED) is 0.180. The topological polar surface area (TPSA) is 9.23 Å². The van der Waals surface area contributed by atoms with Crippen LogP contribution in [-0.2, 0) is 11.2 Å². The predicted molar refractivity (Wildman–Crippen MR) is 150 cm³/mol. The van der Waals surface area contributed by atoms with E-state index in [-0.39, 0.29) is 17.5 Å². The molecule has 1 fully saturated rings. The highest BCUT2D eigenvalue weighted by atomic mass is 19.2. The molecule has 0 aliphatic carbocycles. The summed E-state index contributed by atoms with van der Waals surface area (Å²) >= 11 is 0. The van der Waals surface area contributed by atoms with E-state index in [0.717, 1.165) is 37.9 Å². The van der Waals surface area contributed by atoms with Crippen molar-refractivity contribution in [1.29, 1.82) is 0 Å². The fourth-order valence-electron chi connectivity index (χ4n) is 5.36. The van der Waals surface area contributed by atoms with E-state index >= 15 is 4.39 Å². The number of rotatable bonds is 11. The number of unbranched alkanes of at least 4 members (excludes halogenated alkanes) is 3. The monoisotopic (exact) mass is 520 g/mol. The van der Waals surface area contributed by atoms with Crippen LogP contribution in [0.3, 0.4) is 0 Å². The normalized spacial score (nSPS) is 17.8. The molecule has 4 heteroatoms. The second kappa shape index (κ2) is 13.8. The van der Waals surface area contributed by atoms with Crippen molar-refractivity contribution in [3.63, 3.8) is 0 Å². The van der Waals surface area contributed by atoms with Crippen molar-refractivity contribution in [3.8, 4) is 22.3 Å². The molecular weight excluding hydrogens is 481 g/mol. The summed E-state index contributed by atoms with van der Waals surface area (Å²) in [6.45, 7) is 4.90. The zero-order chi connectivity index (χ0) is 26.9. The third-order valence-electron chi connectivity index (χ3n) is 7.67. The second-order valence-electron chi connectivity index (χ2n) is 10.4. The van der Waals surface area contributed by atoms with E-state index in [2.05, 4.69) is 6.92 Å². The van der Waals surface area contributed by atoms with E-state index in [1.165, 1.54) is 25.7 Å². The van der Waals surface area contributed by atoms with Crippen LogP contribution in [0.15, 0.2) is 66.7 Å². The van der Waals surface area contributed by atoms with E-state index in [9.17, 15) is 8.78 Å². The van der Waals surface area contributed by atoms with Crippen molar-refractivity contribution in [2.45, 2.75) is 77.7 Å². The SMILES string of the molecule is C/C=C\CCCc1ccc(-c2ccc(-c3ccc(C4CCC(CCCCC)CO4)cc3F)cc2)c(F)c1F. The molecule has 0 amide bonds. The molecule has 1 saturated heterocycles. The Morgan fingerprint density at radius 2 is 1.58 bits per heavy atom. The minimum absolute atomic E-state index is 0.0627. The van der Waals surface area contributed by atoms with Crippen LogP contribution in [0.5, 0.6) is 0 Å². The molecule has 1 heterocycles. The molecule has 0 N–H and O–H groups in total. The third-order valence-corrected chi connectivity index (χ3v) is 7.67. The van der Waals surface area contributed by atoms with Crippen LogP contribution in [0.1, 0.15) is 82.4 Å². The zero-order valence-electron chi connectivity index (χ0n) is 22.6. The lowest BCUT2D eigenvalue weighted by atomic mass is 9.90. The van der Waals surface area contributed by atoms with Crippen molar-refractivity contribution in [3.05, 3.63) is 95.3 Å². The Hall–Kier alpha value is -2.85. The van der Waals surface area contributed by atoms with E-state index in [0.29, 0.717) is 34.6 Å². The molecule has 202 valence electrons. The van der Waals surface area contributed by atoms with Crippen LogP contribution in [0.25, 0.3) is 22.3 Å². The number of aryl methyl sites for hydroxylation is 1. The van der Waals surface area contributed by atoms with Gasteiger partial charge in [0, 0.05) is 11.1 Å². The maximum atomic E-state index is 15.1. The van der Waals surface area contributed by atoms with Gasteiger partial charge in [0.05, 0.1) is 12.7 Å². The number of hydrogen-bond acceptors (Lipinski definition) is 1. The van der Waals surface area contributed by atoms with Gasteiger partial charge in [-0.1, -0.05) is 86.9 Å². The molecule has 0 saturated carbocycles. The van der Waals surface area contributed by atoms with Crippen molar-refractivity contribution < 1.29 is 17.9 Å². The van der Waals surface area contributed by atoms with Crippen LogP contribution in [0.2, 0.25) is 0 Å². The van der Waals surface area contributed by atoms with Gasteiger partial charge in [0.2, 0.25) is 0 Å². The van der Waals surface area contributed by atoms with Gasteiger partial charge < -0.3 is 4.74 Å². The van der Waals surface area contributed by atoms with E-state index in [1.807, 2.05) is 25.1 Å². The maximum absolute atomic E-state index is 15.1. The third kappa shape index (κ3) is 6.96. The largest absolute Gasteiger partial charge is 0.373 e. The molecule has 0 spiro atoms. The van der Waals surface area contributed by atoms with Crippen LogP contribution in [0, 0.1) is 23.4 Å². The van der Waals surface area contributed by atoms with Gasteiger partial charge in [-0.2, -0.15) is 0 Å².